The maximum absolute atomic E-state index is 5.77. The maximum Gasteiger partial charge on any atom is 0.161 e. The highest BCUT2D eigenvalue weighted by Crippen LogP contribution is 2.30. The van der Waals surface area contributed by atoms with Gasteiger partial charge >= 0.3 is 0 Å². The van der Waals surface area contributed by atoms with Crippen LogP contribution in [0.25, 0.3) is 0 Å². The summed E-state index contributed by atoms with van der Waals surface area (Å²) < 4.78 is 12.7. The molecular formula is C12H13N3O2. The fraction of sp³-hybridized carbons (Fsp3) is 0.250. The molecule has 0 radical (unpaired) electrons. The number of nitrogen functional groups attached to an aromatic ring is 1. The zero-order chi connectivity index (χ0) is 11.7. The SMILES string of the molecule is Nc1ccnn1Cc1ccc2c(c1)OCCO2. The minimum atomic E-state index is 0.598. The van der Waals surface area contributed by atoms with Crippen LogP contribution in [-0.2, 0) is 6.54 Å². The Morgan fingerprint density at radius 2 is 2.00 bits per heavy atom. The Morgan fingerprint density at radius 3 is 2.76 bits per heavy atom. The van der Waals surface area contributed by atoms with E-state index >= 15 is 0 Å². The first-order valence-electron chi connectivity index (χ1n) is 5.49. The summed E-state index contributed by atoms with van der Waals surface area (Å²) in [7, 11) is 0. The van der Waals surface area contributed by atoms with E-state index in [1.165, 1.54) is 0 Å². The van der Waals surface area contributed by atoms with Gasteiger partial charge in [-0.3, -0.25) is 0 Å². The Bertz CT molecular complexity index is 536. The highest BCUT2D eigenvalue weighted by atomic mass is 16.6. The average molecular weight is 231 g/mol. The molecule has 2 N–H and O–H groups in total. The zero-order valence-electron chi connectivity index (χ0n) is 9.30. The topological polar surface area (TPSA) is 62.3 Å². The predicted octanol–water partition coefficient (Wildman–Crippen LogP) is 1.28. The van der Waals surface area contributed by atoms with Gasteiger partial charge in [0, 0.05) is 0 Å². The quantitative estimate of drug-likeness (QED) is 0.845. The molecule has 0 atom stereocenters. The molecule has 0 unspecified atom stereocenters. The molecule has 88 valence electrons. The number of ether oxygens (including phenoxy) is 2. The molecule has 5 nitrogen and oxygen atoms in total. The summed E-state index contributed by atoms with van der Waals surface area (Å²) >= 11 is 0. The third kappa shape index (κ3) is 1.91. The van der Waals surface area contributed by atoms with E-state index in [0.717, 1.165) is 17.1 Å². The van der Waals surface area contributed by atoms with Gasteiger partial charge in [-0.25, -0.2) is 4.68 Å². The van der Waals surface area contributed by atoms with Crippen molar-refractivity contribution < 1.29 is 9.47 Å². The molecule has 17 heavy (non-hydrogen) atoms. The van der Waals surface area contributed by atoms with E-state index in [1.807, 2.05) is 18.2 Å². The van der Waals surface area contributed by atoms with Crippen molar-refractivity contribution in [2.45, 2.75) is 6.54 Å². The number of rotatable bonds is 2. The number of aromatic nitrogens is 2. The third-order valence-electron chi connectivity index (χ3n) is 2.69. The molecule has 3 rings (SSSR count). The Balaban J connectivity index is 1.87. The summed E-state index contributed by atoms with van der Waals surface area (Å²) in [5.41, 5.74) is 6.86. The van der Waals surface area contributed by atoms with Crippen LogP contribution in [-0.4, -0.2) is 23.0 Å². The number of benzene rings is 1. The van der Waals surface area contributed by atoms with E-state index in [9.17, 15) is 0 Å². The van der Waals surface area contributed by atoms with Gasteiger partial charge in [0.2, 0.25) is 0 Å². The minimum Gasteiger partial charge on any atom is -0.486 e. The molecule has 1 aromatic heterocycles. The largest absolute Gasteiger partial charge is 0.486 e. The Hall–Kier alpha value is -2.17. The third-order valence-corrected chi connectivity index (χ3v) is 2.69. The highest BCUT2D eigenvalue weighted by Gasteiger charge is 2.12. The zero-order valence-corrected chi connectivity index (χ0v) is 9.30. The lowest BCUT2D eigenvalue weighted by Crippen LogP contribution is -2.15. The molecule has 0 spiro atoms. The van der Waals surface area contributed by atoms with Crippen LogP contribution in [0.2, 0.25) is 0 Å². The van der Waals surface area contributed by atoms with E-state index in [0.29, 0.717) is 25.6 Å². The van der Waals surface area contributed by atoms with E-state index < -0.39 is 0 Å². The van der Waals surface area contributed by atoms with E-state index in [2.05, 4.69) is 5.10 Å². The van der Waals surface area contributed by atoms with Crippen molar-refractivity contribution in [2.24, 2.45) is 0 Å². The molecule has 2 heterocycles. The maximum atomic E-state index is 5.77. The van der Waals surface area contributed by atoms with Crippen LogP contribution >= 0.6 is 0 Å². The summed E-state index contributed by atoms with van der Waals surface area (Å²) in [6, 6.07) is 7.66. The van der Waals surface area contributed by atoms with Gasteiger partial charge < -0.3 is 15.2 Å². The lowest BCUT2D eigenvalue weighted by atomic mass is 10.2. The second-order valence-electron chi connectivity index (χ2n) is 3.89. The molecule has 1 aromatic carbocycles. The van der Waals surface area contributed by atoms with Gasteiger partial charge in [-0.05, 0) is 23.8 Å². The molecule has 2 aromatic rings. The predicted molar refractivity (Wildman–Crippen MR) is 63.2 cm³/mol. The lowest BCUT2D eigenvalue weighted by Gasteiger charge is -2.18. The van der Waals surface area contributed by atoms with Gasteiger partial charge in [0.1, 0.15) is 19.0 Å². The van der Waals surface area contributed by atoms with Crippen LogP contribution in [0.3, 0.4) is 0 Å². The van der Waals surface area contributed by atoms with E-state index in [4.69, 9.17) is 15.2 Å². The van der Waals surface area contributed by atoms with Gasteiger partial charge in [-0.1, -0.05) is 6.07 Å². The van der Waals surface area contributed by atoms with E-state index in [-0.39, 0.29) is 0 Å². The number of hydrogen-bond donors (Lipinski definition) is 1. The van der Waals surface area contributed by atoms with Crippen LogP contribution in [0.5, 0.6) is 11.5 Å². The summed E-state index contributed by atoms with van der Waals surface area (Å²) in [4.78, 5) is 0. The van der Waals surface area contributed by atoms with Crippen molar-refractivity contribution in [2.75, 3.05) is 18.9 Å². The fourth-order valence-electron chi connectivity index (χ4n) is 1.83. The summed E-state index contributed by atoms with van der Waals surface area (Å²) in [5.74, 6) is 2.24. The Morgan fingerprint density at radius 1 is 1.18 bits per heavy atom. The summed E-state index contributed by atoms with van der Waals surface area (Å²) in [6.07, 6.45) is 1.69. The van der Waals surface area contributed by atoms with Crippen LogP contribution in [0.1, 0.15) is 5.56 Å². The van der Waals surface area contributed by atoms with Crippen molar-refractivity contribution in [1.82, 2.24) is 9.78 Å². The second kappa shape index (κ2) is 4.01. The van der Waals surface area contributed by atoms with Gasteiger partial charge in [0.25, 0.3) is 0 Å². The first kappa shape index (κ1) is 10.0. The normalized spacial score (nSPS) is 13.6. The monoisotopic (exact) mass is 231 g/mol. The van der Waals surface area contributed by atoms with Gasteiger partial charge in [0.15, 0.2) is 11.5 Å². The highest BCUT2D eigenvalue weighted by molar-refractivity contribution is 5.44. The van der Waals surface area contributed by atoms with Crippen molar-refractivity contribution in [3.05, 3.63) is 36.0 Å². The first-order chi connectivity index (χ1) is 8.33. The van der Waals surface area contributed by atoms with Crippen LogP contribution < -0.4 is 15.2 Å². The molecule has 0 fully saturated rings. The number of hydrogen-bond acceptors (Lipinski definition) is 4. The van der Waals surface area contributed by atoms with Gasteiger partial charge in [0.05, 0.1) is 12.7 Å². The fourth-order valence-corrected chi connectivity index (χ4v) is 1.83. The number of nitrogens with two attached hydrogens (primary N) is 1. The summed E-state index contributed by atoms with van der Waals surface area (Å²) in [6.45, 7) is 1.84. The molecule has 0 aliphatic carbocycles. The van der Waals surface area contributed by atoms with Gasteiger partial charge in [-0.15, -0.1) is 0 Å². The molecule has 1 aliphatic rings. The molecule has 0 saturated carbocycles. The minimum absolute atomic E-state index is 0.598. The molecule has 1 aliphatic heterocycles. The molecule has 5 heteroatoms. The van der Waals surface area contributed by atoms with Crippen LogP contribution in [0, 0.1) is 0 Å². The lowest BCUT2D eigenvalue weighted by molar-refractivity contribution is 0.171. The van der Waals surface area contributed by atoms with E-state index in [1.54, 1.807) is 16.9 Å². The average Bonchev–Trinajstić information content (AvgIpc) is 2.75. The molecule has 0 bridgehead atoms. The standard InChI is InChI=1S/C12H13N3O2/c13-12-3-4-14-15(12)8-9-1-2-10-11(7-9)17-6-5-16-10/h1-4,7H,5-6,8,13H2. The number of anilines is 1. The van der Waals surface area contributed by atoms with Crippen LogP contribution in [0.15, 0.2) is 30.5 Å². The Kier molecular flexibility index (Phi) is 2.36. The van der Waals surface area contributed by atoms with Gasteiger partial charge in [-0.2, -0.15) is 5.10 Å². The van der Waals surface area contributed by atoms with Crippen molar-refractivity contribution >= 4 is 5.82 Å². The smallest absolute Gasteiger partial charge is 0.161 e. The van der Waals surface area contributed by atoms with Crippen LogP contribution in [0.4, 0.5) is 5.82 Å². The van der Waals surface area contributed by atoms with Crippen molar-refractivity contribution in [1.29, 1.82) is 0 Å². The van der Waals surface area contributed by atoms with Crippen molar-refractivity contribution in [3.8, 4) is 11.5 Å². The summed E-state index contributed by atoms with van der Waals surface area (Å²) in [5, 5.41) is 4.14. The Labute approximate surface area is 98.8 Å². The number of nitrogens with zero attached hydrogens (tertiary/aromatic N) is 2. The van der Waals surface area contributed by atoms with Crippen molar-refractivity contribution in [3.63, 3.8) is 0 Å². The molecular weight excluding hydrogens is 218 g/mol. The molecule has 0 saturated heterocycles. The second-order valence-corrected chi connectivity index (χ2v) is 3.89. The number of fused-ring (bicyclic) bond motifs is 1. The first-order valence-corrected chi connectivity index (χ1v) is 5.49. The molecule has 0 amide bonds.